The van der Waals surface area contributed by atoms with Crippen LogP contribution in [-0.4, -0.2) is 57.7 Å². The minimum atomic E-state index is -1.25. The predicted molar refractivity (Wildman–Crippen MR) is 183 cm³/mol. The number of esters is 2. The van der Waals surface area contributed by atoms with Gasteiger partial charge in [-0.2, -0.15) is 5.06 Å². The average molecular weight is 642 g/mol. The molecule has 2 aromatic rings. The number of carbonyl (C=O) groups excluding carboxylic acids is 2. The fourth-order valence-corrected chi connectivity index (χ4v) is 5.62. The third kappa shape index (κ3) is 9.47. The molecular formula is C38H59NO7. The summed E-state index contributed by atoms with van der Waals surface area (Å²) < 4.78 is 10.8. The molecule has 46 heavy (non-hydrogen) atoms. The van der Waals surface area contributed by atoms with Crippen molar-refractivity contribution in [3.63, 3.8) is 0 Å². The van der Waals surface area contributed by atoms with Crippen LogP contribution >= 0.6 is 0 Å². The molecule has 2 rings (SSSR count). The minimum Gasteiger partial charge on any atom is -0.507 e. The lowest BCUT2D eigenvalue weighted by molar-refractivity contribution is -0.198. The predicted octanol–water partition coefficient (Wildman–Crippen LogP) is 7.63. The van der Waals surface area contributed by atoms with E-state index in [1.54, 1.807) is 13.8 Å². The average Bonchev–Trinajstić information content (AvgIpc) is 2.88. The Morgan fingerprint density at radius 1 is 0.587 bits per heavy atom. The summed E-state index contributed by atoms with van der Waals surface area (Å²) in [6.07, 6.45) is 0.0431. The van der Waals surface area contributed by atoms with E-state index in [2.05, 4.69) is 0 Å². The molecule has 8 nitrogen and oxygen atoms in total. The highest BCUT2D eigenvalue weighted by Crippen LogP contribution is 2.42. The Kier molecular flexibility index (Phi) is 12.2. The third-order valence-electron chi connectivity index (χ3n) is 8.19. The monoisotopic (exact) mass is 641 g/mol. The van der Waals surface area contributed by atoms with Crippen molar-refractivity contribution >= 4 is 11.9 Å². The maximum atomic E-state index is 13.5. The second kappa shape index (κ2) is 14.3. The fraction of sp³-hybridized carbons (Fsp3) is 0.632. The highest BCUT2D eigenvalue weighted by atomic mass is 16.6. The number of carbonyl (C=O) groups is 2. The van der Waals surface area contributed by atoms with Crippen molar-refractivity contribution in [3.8, 4) is 11.5 Å². The summed E-state index contributed by atoms with van der Waals surface area (Å²) in [7, 11) is 0. The van der Waals surface area contributed by atoms with Crippen LogP contribution in [0.2, 0.25) is 0 Å². The summed E-state index contributed by atoms with van der Waals surface area (Å²) in [5.41, 5.74) is 2.69. The quantitative estimate of drug-likeness (QED) is 0.179. The molecule has 8 heteroatoms. The number of rotatable bonds is 10. The Hall–Kier alpha value is -3.10. The number of phenolic OH excluding ortho intramolecular Hbond substituents is 2. The largest absolute Gasteiger partial charge is 0.507 e. The number of hydroxylamine groups is 2. The second-order valence-corrected chi connectivity index (χ2v) is 16.4. The van der Waals surface area contributed by atoms with Gasteiger partial charge in [0.25, 0.3) is 0 Å². The summed E-state index contributed by atoms with van der Waals surface area (Å²) in [6, 6.07) is 4.93. The number of phenols is 2. The van der Waals surface area contributed by atoms with E-state index in [-0.39, 0.29) is 37.6 Å². The van der Waals surface area contributed by atoms with Gasteiger partial charge < -0.3 is 24.9 Å². The van der Waals surface area contributed by atoms with Gasteiger partial charge in [0.15, 0.2) is 0 Å². The molecule has 0 radical (unpaired) electrons. The fourth-order valence-electron chi connectivity index (χ4n) is 5.62. The van der Waals surface area contributed by atoms with Gasteiger partial charge in [-0.15, -0.1) is 0 Å². The van der Waals surface area contributed by atoms with E-state index in [9.17, 15) is 25.0 Å². The molecule has 0 aliphatic rings. The number of benzene rings is 2. The Bertz CT molecular complexity index is 1210. The smallest absolute Gasteiger partial charge is 0.326 e. The Morgan fingerprint density at radius 3 is 1.02 bits per heavy atom. The van der Waals surface area contributed by atoms with E-state index < -0.39 is 45.7 Å². The molecular weight excluding hydrogens is 582 g/mol. The van der Waals surface area contributed by atoms with Crippen LogP contribution in [0, 0.1) is 0 Å². The number of hydrogen-bond acceptors (Lipinski definition) is 8. The molecule has 0 fully saturated rings. The van der Waals surface area contributed by atoms with Crippen LogP contribution in [0.4, 0.5) is 0 Å². The number of aromatic hydroxyl groups is 2. The van der Waals surface area contributed by atoms with Crippen molar-refractivity contribution in [1.29, 1.82) is 0 Å². The van der Waals surface area contributed by atoms with Gasteiger partial charge in [-0.25, -0.2) is 0 Å². The summed E-state index contributed by atoms with van der Waals surface area (Å²) in [5.74, 6) is -0.950. The molecule has 3 N–H and O–H groups in total. The molecule has 0 saturated carbocycles. The van der Waals surface area contributed by atoms with Crippen molar-refractivity contribution < 1.29 is 34.5 Å². The molecule has 0 amide bonds. The van der Waals surface area contributed by atoms with Gasteiger partial charge in [0, 0.05) is 12.8 Å². The topological polar surface area (TPSA) is 117 Å². The minimum absolute atomic E-state index is 0.0216. The molecule has 0 bridgehead atoms. The summed E-state index contributed by atoms with van der Waals surface area (Å²) in [5, 5.41) is 35.1. The summed E-state index contributed by atoms with van der Waals surface area (Å²) >= 11 is 0. The van der Waals surface area contributed by atoms with E-state index in [1.807, 2.05) is 107 Å². The highest BCUT2D eigenvalue weighted by Gasteiger charge is 2.38. The maximum absolute atomic E-state index is 13.5. The molecule has 0 saturated heterocycles. The molecule has 2 atom stereocenters. The first kappa shape index (κ1) is 39.1. The van der Waals surface area contributed by atoms with E-state index >= 15 is 0 Å². The van der Waals surface area contributed by atoms with E-state index in [0.717, 1.165) is 27.3 Å². The van der Waals surface area contributed by atoms with Gasteiger partial charge in [0.2, 0.25) is 0 Å². The van der Waals surface area contributed by atoms with Gasteiger partial charge in [-0.05, 0) is 68.9 Å². The Labute approximate surface area is 277 Å². The van der Waals surface area contributed by atoms with Crippen LogP contribution in [0.15, 0.2) is 24.3 Å². The van der Waals surface area contributed by atoms with E-state index in [4.69, 9.17) is 9.47 Å². The highest BCUT2D eigenvalue weighted by molar-refractivity contribution is 5.80. The van der Waals surface area contributed by atoms with Crippen LogP contribution < -0.4 is 0 Å². The summed E-state index contributed by atoms with van der Waals surface area (Å²) in [4.78, 5) is 27.0. The van der Waals surface area contributed by atoms with Crippen molar-refractivity contribution in [3.05, 3.63) is 57.6 Å². The molecule has 2 unspecified atom stereocenters. The van der Waals surface area contributed by atoms with E-state index in [1.165, 1.54) is 0 Å². The van der Waals surface area contributed by atoms with Crippen molar-refractivity contribution in [1.82, 2.24) is 5.06 Å². The third-order valence-corrected chi connectivity index (χ3v) is 8.19. The SMILES string of the molecule is CCOC(=O)C(Cc1cc(C(C)(C)C)c(O)c(C(C)(C)C)c1)N(O)C(Cc1cc(C(C)(C)C)c(O)c(C(C)(C)C)c1)C(=O)OCC. The van der Waals surface area contributed by atoms with Crippen LogP contribution in [0.1, 0.15) is 130 Å². The normalized spacial score (nSPS) is 14.3. The van der Waals surface area contributed by atoms with Gasteiger partial charge >= 0.3 is 11.9 Å². The molecule has 0 spiro atoms. The number of hydrogen-bond donors (Lipinski definition) is 3. The van der Waals surface area contributed by atoms with Gasteiger partial charge in [-0.3, -0.25) is 9.59 Å². The lowest BCUT2D eigenvalue weighted by Gasteiger charge is -2.33. The first-order chi connectivity index (χ1) is 20.8. The molecule has 0 aliphatic carbocycles. The van der Waals surface area contributed by atoms with Gasteiger partial charge in [0.1, 0.15) is 23.6 Å². The molecule has 0 heterocycles. The number of nitrogens with zero attached hydrogens (tertiary/aromatic N) is 1. The van der Waals surface area contributed by atoms with Crippen LogP contribution in [0.25, 0.3) is 0 Å². The number of ether oxygens (including phenoxy) is 2. The molecule has 0 aliphatic heterocycles. The second-order valence-electron chi connectivity index (χ2n) is 16.4. The zero-order chi connectivity index (χ0) is 35.6. The Balaban J connectivity index is 2.76. The first-order valence-electron chi connectivity index (χ1n) is 16.4. The van der Waals surface area contributed by atoms with Gasteiger partial charge in [0.05, 0.1) is 13.2 Å². The van der Waals surface area contributed by atoms with Crippen molar-refractivity contribution in [2.24, 2.45) is 0 Å². The van der Waals surface area contributed by atoms with Crippen LogP contribution in [-0.2, 0) is 53.6 Å². The zero-order valence-electron chi connectivity index (χ0n) is 30.7. The van der Waals surface area contributed by atoms with Crippen LogP contribution in [0.5, 0.6) is 11.5 Å². The maximum Gasteiger partial charge on any atom is 0.326 e. The first-order valence-corrected chi connectivity index (χ1v) is 16.4. The standard InChI is InChI=1S/C38H59NO7/c1-15-45-33(42)29(21-23-17-25(35(3,4)5)31(40)26(18-23)36(6,7)8)39(44)30(34(43)46-16-2)22-24-19-27(37(9,10)11)32(41)28(20-24)38(12,13)14/h17-20,29-30,40-41,44H,15-16,21-22H2,1-14H3. The lowest BCUT2D eigenvalue weighted by Crippen LogP contribution is -2.52. The zero-order valence-corrected chi connectivity index (χ0v) is 30.7. The molecule has 258 valence electrons. The summed E-state index contributed by atoms with van der Waals surface area (Å²) in [6.45, 7) is 27.6. The van der Waals surface area contributed by atoms with E-state index in [0.29, 0.717) is 11.1 Å². The Morgan fingerprint density at radius 2 is 0.826 bits per heavy atom. The molecule has 2 aromatic carbocycles. The lowest BCUT2D eigenvalue weighted by atomic mass is 9.77. The van der Waals surface area contributed by atoms with Crippen molar-refractivity contribution in [2.75, 3.05) is 13.2 Å². The van der Waals surface area contributed by atoms with Crippen molar-refractivity contribution in [2.45, 2.75) is 144 Å². The van der Waals surface area contributed by atoms with Crippen LogP contribution in [0.3, 0.4) is 0 Å². The van der Waals surface area contributed by atoms with Gasteiger partial charge in [-0.1, -0.05) is 107 Å². The molecule has 0 aromatic heterocycles.